The van der Waals surface area contributed by atoms with Gasteiger partial charge in [0.25, 0.3) is 0 Å². The quantitative estimate of drug-likeness (QED) is 0.175. The van der Waals surface area contributed by atoms with E-state index in [0.29, 0.717) is 49.8 Å². The van der Waals surface area contributed by atoms with Gasteiger partial charge >= 0.3 is 0 Å². The van der Waals surface area contributed by atoms with Gasteiger partial charge in [0.2, 0.25) is 0 Å². The van der Waals surface area contributed by atoms with E-state index in [-0.39, 0.29) is 17.3 Å². The van der Waals surface area contributed by atoms with Crippen molar-refractivity contribution in [3.8, 4) is 22.3 Å². The lowest BCUT2D eigenvalue weighted by atomic mass is 10.0. The molecule has 42 heavy (non-hydrogen) atoms. The number of nitrogens with zero attached hydrogens (tertiary/aromatic N) is 4. The van der Waals surface area contributed by atoms with Gasteiger partial charge in [-0.15, -0.1) is 0 Å². The summed E-state index contributed by atoms with van der Waals surface area (Å²) >= 11 is 0. The average Bonchev–Trinajstić information content (AvgIpc) is 2.96. The minimum Gasteiger partial charge on any atom is -0.387 e. The number of fused-ring (bicyclic) bond motifs is 2. The molecule has 0 aliphatic carbocycles. The highest BCUT2D eigenvalue weighted by Gasteiger charge is 2.16. The summed E-state index contributed by atoms with van der Waals surface area (Å²) in [6.07, 6.45) is 4.26. The second kappa shape index (κ2) is 11.8. The van der Waals surface area contributed by atoms with Gasteiger partial charge in [-0.3, -0.25) is 14.8 Å². The fourth-order valence-corrected chi connectivity index (χ4v) is 4.47. The SMILES string of the molecule is CC(=O)c1nc2ccc(F)cc2cc1-c1cncc(F)c1.CC(O)c1nc2ccc(F)cc2cc1-c1cncc(F)c1. The molecule has 1 atom stereocenters. The largest absolute Gasteiger partial charge is 0.387 e. The normalized spacial score (nSPS) is 11.7. The molecule has 0 aliphatic rings. The molecule has 0 bridgehead atoms. The van der Waals surface area contributed by atoms with Crippen LogP contribution in [0.1, 0.15) is 36.1 Å². The van der Waals surface area contributed by atoms with Crippen LogP contribution in [0.2, 0.25) is 0 Å². The number of carbonyl (C=O) groups excluding carboxylic acids is 1. The van der Waals surface area contributed by atoms with Gasteiger partial charge in [0, 0.05) is 52.3 Å². The molecule has 6 nitrogen and oxygen atoms in total. The second-order valence-electron chi connectivity index (χ2n) is 9.50. The molecule has 4 heterocycles. The highest BCUT2D eigenvalue weighted by molar-refractivity contribution is 6.02. The first-order valence-electron chi connectivity index (χ1n) is 12.7. The molecule has 1 N–H and O–H groups in total. The number of aromatic nitrogens is 4. The first kappa shape index (κ1) is 28.4. The Morgan fingerprint density at radius 3 is 1.67 bits per heavy atom. The third kappa shape index (κ3) is 6.13. The summed E-state index contributed by atoms with van der Waals surface area (Å²) in [6.45, 7) is 2.96. The summed E-state index contributed by atoms with van der Waals surface area (Å²) in [7, 11) is 0. The maximum Gasteiger partial charge on any atom is 0.178 e. The predicted octanol–water partition coefficient (Wildman–Crippen LogP) is 7.41. The zero-order valence-corrected chi connectivity index (χ0v) is 22.3. The van der Waals surface area contributed by atoms with Gasteiger partial charge in [0.1, 0.15) is 29.0 Å². The van der Waals surface area contributed by atoms with Crippen LogP contribution in [-0.2, 0) is 0 Å². The fourth-order valence-electron chi connectivity index (χ4n) is 4.47. The van der Waals surface area contributed by atoms with Crippen LogP contribution in [0.5, 0.6) is 0 Å². The Balaban J connectivity index is 0.000000168. The lowest BCUT2D eigenvalue weighted by Crippen LogP contribution is -2.01. The summed E-state index contributed by atoms with van der Waals surface area (Å²) in [5.41, 5.74) is 3.59. The number of rotatable bonds is 4. The number of carbonyl (C=O) groups is 1. The number of pyridine rings is 4. The zero-order valence-electron chi connectivity index (χ0n) is 22.3. The number of benzene rings is 2. The minimum atomic E-state index is -0.835. The Morgan fingerprint density at radius 2 is 1.17 bits per heavy atom. The van der Waals surface area contributed by atoms with E-state index in [2.05, 4.69) is 19.9 Å². The Labute approximate surface area is 237 Å². The highest BCUT2D eigenvalue weighted by atomic mass is 19.1. The Morgan fingerprint density at radius 1 is 0.667 bits per heavy atom. The number of halogens is 4. The van der Waals surface area contributed by atoms with Gasteiger partial charge < -0.3 is 5.11 Å². The lowest BCUT2D eigenvalue weighted by molar-refractivity contribution is 0.101. The van der Waals surface area contributed by atoms with Crippen molar-refractivity contribution in [2.75, 3.05) is 0 Å². The van der Waals surface area contributed by atoms with Crippen LogP contribution < -0.4 is 0 Å². The van der Waals surface area contributed by atoms with E-state index >= 15 is 0 Å². The van der Waals surface area contributed by atoms with E-state index < -0.39 is 23.6 Å². The number of hydrogen-bond acceptors (Lipinski definition) is 6. The predicted molar refractivity (Wildman–Crippen MR) is 150 cm³/mol. The molecule has 210 valence electrons. The summed E-state index contributed by atoms with van der Waals surface area (Å²) < 4.78 is 53.4. The first-order chi connectivity index (χ1) is 20.1. The van der Waals surface area contributed by atoms with Crippen LogP contribution in [0.25, 0.3) is 44.1 Å². The van der Waals surface area contributed by atoms with E-state index in [1.54, 1.807) is 25.1 Å². The van der Waals surface area contributed by atoms with Crippen molar-refractivity contribution in [3.05, 3.63) is 120 Å². The molecule has 0 aliphatic heterocycles. The maximum atomic E-state index is 13.4. The van der Waals surface area contributed by atoms with Crippen molar-refractivity contribution in [3.63, 3.8) is 0 Å². The molecule has 0 fully saturated rings. The van der Waals surface area contributed by atoms with Gasteiger partial charge in [0.05, 0.1) is 35.2 Å². The molecule has 1 unspecified atom stereocenters. The second-order valence-corrected chi connectivity index (χ2v) is 9.50. The van der Waals surface area contributed by atoms with Crippen molar-refractivity contribution in [1.29, 1.82) is 0 Å². The average molecular weight is 571 g/mol. The van der Waals surface area contributed by atoms with E-state index in [1.165, 1.54) is 61.8 Å². The highest BCUT2D eigenvalue weighted by Crippen LogP contribution is 2.31. The molecule has 0 saturated carbocycles. The first-order valence-corrected chi connectivity index (χ1v) is 12.7. The van der Waals surface area contributed by atoms with Gasteiger partial charge in [-0.25, -0.2) is 27.5 Å². The van der Waals surface area contributed by atoms with Crippen molar-refractivity contribution in [1.82, 2.24) is 19.9 Å². The van der Waals surface area contributed by atoms with Crippen molar-refractivity contribution in [2.24, 2.45) is 0 Å². The van der Waals surface area contributed by atoms with E-state index in [9.17, 15) is 27.5 Å². The molecule has 10 heteroatoms. The molecule has 6 aromatic rings. The summed E-state index contributed by atoms with van der Waals surface area (Å²) in [5, 5.41) is 11.0. The van der Waals surface area contributed by atoms with Gasteiger partial charge in [-0.05, 0) is 67.6 Å². The van der Waals surface area contributed by atoms with E-state index in [4.69, 9.17) is 0 Å². The van der Waals surface area contributed by atoms with Crippen molar-refractivity contribution in [2.45, 2.75) is 20.0 Å². The van der Waals surface area contributed by atoms with Crippen LogP contribution in [0.3, 0.4) is 0 Å². The molecular weight excluding hydrogens is 548 g/mol. The van der Waals surface area contributed by atoms with Crippen LogP contribution >= 0.6 is 0 Å². The van der Waals surface area contributed by atoms with Crippen LogP contribution in [0.15, 0.2) is 85.5 Å². The van der Waals surface area contributed by atoms with E-state index in [0.717, 1.165) is 12.4 Å². The maximum absolute atomic E-state index is 13.4. The van der Waals surface area contributed by atoms with Crippen molar-refractivity contribution < 1.29 is 27.5 Å². The molecule has 0 radical (unpaired) electrons. The minimum absolute atomic E-state index is 0.210. The fraction of sp³-hybridized carbons (Fsp3) is 0.0938. The number of aliphatic hydroxyl groups excluding tert-OH is 1. The third-order valence-electron chi connectivity index (χ3n) is 6.34. The smallest absolute Gasteiger partial charge is 0.178 e. The summed E-state index contributed by atoms with van der Waals surface area (Å²) in [5.74, 6) is -2.02. The van der Waals surface area contributed by atoms with Crippen LogP contribution in [0.4, 0.5) is 17.6 Å². The number of Topliss-reactive ketones (excluding diaryl/α,β-unsaturated/α-hetero) is 1. The van der Waals surface area contributed by atoms with Crippen LogP contribution in [0, 0.1) is 23.3 Å². The topological polar surface area (TPSA) is 88.9 Å². The molecule has 6 rings (SSSR count). The van der Waals surface area contributed by atoms with Gasteiger partial charge in [-0.2, -0.15) is 0 Å². The third-order valence-corrected chi connectivity index (χ3v) is 6.34. The summed E-state index contributed by atoms with van der Waals surface area (Å²) in [6, 6.07) is 14.2. The monoisotopic (exact) mass is 570 g/mol. The van der Waals surface area contributed by atoms with E-state index in [1.807, 2.05) is 0 Å². The molecule has 4 aromatic heterocycles. The molecule has 0 saturated heterocycles. The van der Waals surface area contributed by atoms with Crippen molar-refractivity contribution >= 4 is 27.6 Å². The van der Waals surface area contributed by atoms with Crippen LogP contribution in [-0.4, -0.2) is 30.8 Å². The summed E-state index contributed by atoms with van der Waals surface area (Å²) in [4.78, 5) is 28.0. The molecular formula is C32H22F4N4O2. The zero-order chi connectivity index (χ0) is 30.0. The Kier molecular flexibility index (Phi) is 7.99. The number of aliphatic hydroxyl groups is 1. The Bertz CT molecular complexity index is 1960. The lowest BCUT2D eigenvalue weighted by Gasteiger charge is -2.13. The van der Waals surface area contributed by atoms with Gasteiger partial charge in [0.15, 0.2) is 5.78 Å². The molecule has 0 spiro atoms. The molecule has 2 aromatic carbocycles. The number of hydrogen-bond donors (Lipinski definition) is 1. The molecule has 0 amide bonds. The Hall–Kier alpha value is -5.09. The standard InChI is InChI=1S/C16H12F2N2O.C16H10F2N2O/c2*1-9(21)16-14(11-5-13(18)8-19-7-11)6-10-4-12(17)2-3-15(10)20-16/h2-9,21H,1H3;2-8H,1H3. The number of ketones is 1. The van der Waals surface area contributed by atoms with Gasteiger partial charge in [-0.1, -0.05) is 0 Å².